The van der Waals surface area contributed by atoms with Crippen LogP contribution in [0.2, 0.25) is 0 Å². The topological polar surface area (TPSA) is 76.0 Å². The van der Waals surface area contributed by atoms with Gasteiger partial charge in [0.2, 0.25) is 0 Å². The molecule has 4 rings (SSSR count). The molecule has 0 bridgehead atoms. The number of nitrogens with zero attached hydrogens (tertiary/aromatic N) is 2. The third-order valence-corrected chi connectivity index (χ3v) is 7.00. The summed E-state index contributed by atoms with van der Waals surface area (Å²) in [5.74, 6) is 0. The van der Waals surface area contributed by atoms with E-state index in [2.05, 4.69) is 15.6 Å². The van der Waals surface area contributed by atoms with Gasteiger partial charge in [0.15, 0.2) is 0 Å². The summed E-state index contributed by atoms with van der Waals surface area (Å²) >= 11 is 0. The van der Waals surface area contributed by atoms with E-state index in [0.717, 1.165) is 3.97 Å². The van der Waals surface area contributed by atoms with Crippen molar-refractivity contribution in [1.82, 2.24) is 14.3 Å². The third kappa shape index (κ3) is 5.68. The van der Waals surface area contributed by atoms with Gasteiger partial charge in [0.05, 0.1) is 22.3 Å². The Morgan fingerprint density at radius 1 is 0.973 bits per heavy atom. The molecule has 0 aliphatic heterocycles. The quantitative estimate of drug-likeness (QED) is 0.273. The van der Waals surface area contributed by atoms with Crippen LogP contribution in [0.25, 0.3) is 10.9 Å². The van der Waals surface area contributed by atoms with Gasteiger partial charge in [-0.05, 0) is 55.1 Å². The number of alkyl halides is 6. The van der Waals surface area contributed by atoms with E-state index < -0.39 is 39.2 Å². The average molecular weight is 565 g/mol. The van der Waals surface area contributed by atoms with Crippen molar-refractivity contribution in [3.8, 4) is 0 Å². The molecule has 0 spiro atoms. The normalized spacial score (nSPS) is 12.4. The number of fused-ring (bicyclic) bond motifs is 1. The van der Waals surface area contributed by atoms with Crippen molar-refractivity contribution >= 4 is 44.7 Å². The van der Waals surface area contributed by atoms with Crippen molar-refractivity contribution in [3.05, 3.63) is 83.8 Å². The largest absolute Gasteiger partial charge is 0.418 e. The second-order valence-corrected chi connectivity index (χ2v) is 9.60. The number of anilines is 2. The number of halogens is 7. The van der Waals surface area contributed by atoms with Crippen LogP contribution in [0.4, 0.5) is 37.7 Å². The van der Waals surface area contributed by atoms with Crippen LogP contribution in [0.5, 0.6) is 0 Å². The second kappa shape index (κ2) is 10.2. The fraction of sp³-hybridized carbons (Fsp3) is 0.174. The van der Waals surface area contributed by atoms with Crippen LogP contribution in [0.3, 0.4) is 0 Å². The van der Waals surface area contributed by atoms with Gasteiger partial charge in [-0.1, -0.05) is 6.07 Å². The molecule has 2 N–H and O–H groups in total. The van der Waals surface area contributed by atoms with E-state index in [1.807, 2.05) is 0 Å². The molecule has 2 heterocycles. The molecule has 37 heavy (non-hydrogen) atoms. The highest BCUT2D eigenvalue weighted by molar-refractivity contribution is 7.90. The Morgan fingerprint density at radius 3 is 2.30 bits per heavy atom. The van der Waals surface area contributed by atoms with Gasteiger partial charge in [0.25, 0.3) is 10.0 Å². The minimum Gasteiger partial charge on any atom is -0.355 e. The van der Waals surface area contributed by atoms with Gasteiger partial charge in [0.1, 0.15) is 4.90 Å². The van der Waals surface area contributed by atoms with E-state index in [4.69, 9.17) is 0 Å². The zero-order valence-corrected chi connectivity index (χ0v) is 20.5. The molecule has 0 fully saturated rings. The van der Waals surface area contributed by atoms with Crippen LogP contribution in [-0.4, -0.2) is 24.4 Å². The zero-order valence-electron chi connectivity index (χ0n) is 18.9. The van der Waals surface area contributed by atoms with Crippen molar-refractivity contribution in [2.45, 2.75) is 23.8 Å². The Balaban J connectivity index is 0.00000380. The summed E-state index contributed by atoms with van der Waals surface area (Å²) in [5, 5.41) is 5.93. The lowest BCUT2D eigenvalue weighted by Gasteiger charge is -2.17. The van der Waals surface area contributed by atoms with Crippen molar-refractivity contribution < 1.29 is 34.8 Å². The van der Waals surface area contributed by atoms with Crippen molar-refractivity contribution in [3.63, 3.8) is 0 Å². The molecule has 0 aliphatic carbocycles. The summed E-state index contributed by atoms with van der Waals surface area (Å²) in [7, 11) is -2.45. The second-order valence-electron chi connectivity index (χ2n) is 7.79. The highest BCUT2D eigenvalue weighted by Gasteiger charge is 2.38. The van der Waals surface area contributed by atoms with Crippen LogP contribution in [-0.2, 0) is 28.9 Å². The molecular weight excluding hydrogens is 546 g/mol. The van der Waals surface area contributed by atoms with Crippen LogP contribution in [0.1, 0.15) is 16.7 Å². The number of nitrogens with one attached hydrogen (secondary N) is 2. The summed E-state index contributed by atoms with van der Waals surface area (Å²) in [6, 6.07) is 8.32. The smallest absolute Gasteiger partial charge is 0.355 e. The molecule has 0 radical (unpaired) electrons. The standard InChI is InChI=1S/C23H18F6N4O2S.ClH/c1-30-11-14-13-33(36(34,35)17-3-2-8-31-12-17)21-10-16(5-6-18(14)21)32-20-7-4-15(22(24,25)26)9-19(20)23(27,28)29;/h2-10,12-13,30,32H,11H2,1H3;1H. The molecule has 2 aromatic heterocycles. The molecule has 0 saturated heterocycles. The first-order valence-electron chi connectivity index (χ1n) is 10.3. The maximum absolute atomic E-state index is 13.6. The van der Waals surface area contributed by atoms with Gasteiger partial charge >= 0.3 is 12.4 Å². The van der Waals surface area contributed by atoms with Gasteiger partial charge in [-0.15, -0.1) is 12.4 Å². The van der Waals surface area contributed by atoms with E-state index >= 15 is 0 Å². The molecule has 2 aromatic carbocycles. The van der Waals surface area contributed by atoms with E-state index in [-0.39, 0.29) is 34.6 Å². The molecule has 0 unspecified atom stereocenters. The lowest BCUT2D eigenvalue weighted by molar-refractivity contribution is -0.142. The lowest BCUT2D eigenvalue weighted by atomic mass is 10.1. The summed E-state index contributed by atoms with van der Waals surface area (Å²) in [5.41, 5.74) is -2.75. The predicted octanol–water partition coefficient (Wildman–Crippen LogP) is 6.20. The Kier molecular flexibility index (Phi) is 7.82. The Labute approximate surface area is 213 Å². The van der Waals surface area contributed by atoms with E-state index in [0.29, 0.717) is 29.6 Å². The number of pyridine rings is 1. The van der Waals surface area contributed by atoms with Crippen LogP contribution in [0, 0.1) is 0 Å². The van der Waals surface area contributed by atoms with Gasteiger partial charge in [-0.25, -0.2) is 12.4 Å². The summed E-state index contributed by atoms with van der Waals surface area (Å²) in [4.78, 5) is 3.73. The highest BCUT2D eigenvalue weighted by Crippen LogP contribution is 2.40. The number of benzene rings is 2. The maximum Gasteiger partial charge on any atom is 0.418 e. The first-order chi connectivity index (χ1) is 16.8. The van der Waals surface area contributed by atoms with Gasteiger partial charge in [0, 0.05) is 36.2 Å². The Morgan fingerprint density at radius 2 is 1.70 bits per heavy atom. The summed E-state index contributed by atoms with van der Waals surface area (Å²) < 4.78 is 107. The fourth-order valence-electron chi connectivity index (χ4n) is 3.71. The number of hydrogen-bond donors (Lipinski definition) is 2. The average Bonchev–Trinajstić information content (AvgIpc) is 3.17. The zero-order chi connectivity index (χ0) is 26.3. The molecule has 0 saturated carbocycles. The van der Waals surface area contributed by atoms with Crippen LogP contribution >= 0.6 is 12.4 Å². The first kappa shape index (κ1) is 28.3. The van der Waals surface area contributed by atoms with Gasteiger partial charge in [-0.3, -0.25) is 4.98 Å². The SMILES string of the molecule is CNCc1cn(S(=O)(=O)c2cccnc2)c2cc(Nc3ccc(C(F)(F)F)cc3C(F)(F)F)ccc12.Cl. The number of hydrogen-bond acceptors (Lipinski definition) is 5. The third-order valence-electron chi connectivity index (χ3n) is 5.34. The lowest BCUT2D eigenvalue weighted by Crippen LogP contribution is -2.13. The van der Waals surface area contributed by atoms with Crippen LogP contribution in [0.15, 0.2) is 72.0 Å². The van der Waals surface area contributed by atoms with E-state index in [1.165, 1.54) is 48.9 Å². The number of rotatable bonds is 6. The van der Waals surface area contributed by atoms with Gasteiger partial charge in [-0.2, -0.15) is 26.3 Å². The summed E-state index contributed by atoms with van der Waals surface area (Å²) in [6.45, 7) is 0.302. The molecule has 14 heteroatoms. The van der Waals surface area contributed by atoms with Crippen molar-refractivity contribution in [2.24, 2.45) is 0 Å². The molecule has 4 aromatic rings. The van der Waals surface area contributed by atoms with E-state index in [9.17, 15) is 34.8 Å². The van der Waals surface area contributed by atoms with Crippen molar-refractivity contribution in [2.75, 3.05) is 12.4 Å². The minimum atomic E-state index is -5.07. The first-order valence-corrected chi connectivity index (χ1v) is 11.8. The summed E-state index contributed by atoms with van der Waals surface area (Å²) in [6.07, 6.45) is -6.06. The van der Waals surface area contributed by atoms with E-state index in [1.54, 1.807) is 7.05 Å². The molecule has 6 nitrogen and oxygen atoms in total. The van der Waals surface area contributed by atoms with Gasteiger partial charge < -0.3 is 10.6 Å². The highest BCUT2D eigenvalue weighted by atomic mass is 35.5. The molecular formula is C23H19ClF6N4O2S. The monoisotopic (exact) mass is 564 g/mol. The molecule has 0 amide bonds. The Hall–Kier alpha value is -3.29. The predicted molar refractivity (Wildman–Crippen MR) is 128 cm³/mol. The Bertz CT molecular complexity index is 1520. The number of aromatic nitrogens is 2. The maximum atomic E-state index is 13.6. The van der Waals surface area contributed by atoms with Crippen molar-refractivity contribution in [1.29, 1.82) is 0 Å². The fourth-order valence-corrected chi connectivity index (χ4v) is 5.05. The van der Waals surface area contributed by atoms with Crippen LogP contribution < -0.4 is 10.6 Å². The molecule has 0 atom stereocenters. The molecule has 198 valence electrons. The minimum absolute atomic E-state index is 0. The molecule has 0 aliphatic rings.